The zero-order chi connectivity index (χ0) is 20.2. The molecule has 3 heterocycles. The highest BCUT2D eigenvalue weighted by Crippen LogP contribution is 2.22. The molecule has 2 aromatic carbocycles. The summed E-state index contributed by atoms with van der Waals surface area (Å²) in [6.45, 7) is 4.13. The lowest BCUT2D eigenvalue weighted by molar-refractivity contribution is -0.933. The molecule has 1 atom stereocenters. The van der Waals surface area contributed by atoms with E-state index < -0.39 is 0 Å². The highest BCUT2D eigenvalue weighted by Gasteiger charge is 2.33. The van der Waals surface area contributed by atoms with Crippen LogP contribution < -0.4 is 4.90 Å². The number of morpholine rings is 1. The van der Waals surface area contributed by atoms with Crippen molar-refractivity contribution in [3.05, 3.63) is 83.8 Å². The summed E-state index contributed by atoms with van der Waals surface area (Å²) in [6.07, 6.45) is 2.72. The maximum atomic E-state index is 5.62. The van der Waals surface area contributed by atoms with Gasteiger partial charge in [-0.05, 0) is 40.6 Å². The number of ether oxygens (including phenoxy) is 1. The molecule has 1 aliphatic rings. The molecule has 152 valence electrons. The van der Waals surface area contributed by atoms with E-state index in [0.717, 1.165) is 56.0 Å². The first-order chi connectivity index (χ1) is 14.9. The number of quaternary nitrogens is 1. The Morgan fingerprint density at radius 1 is 1.00 bits per heavy atom. The molecule has 2 aromatic heterocycles. The Balaban J connectivity index is 1.50. The highest BCUT2D eigenvalue weighted by atomic mass is 16.5. The van der Waals surface area contributed by atoms with Gasteiger partial charge in [-0.25, -0.2) is 4.68 Å². The maximum absolute atomic E-state index is 5.62. The van der Waals surface area contributed by atoms with Gasteiger partial charge in [0.2, 0.25) is 5.82 Å². The number of rotatable bonds is 6. The van der Waals surface area contributed by atoms with E-state index >= 15 is 0 Å². The summed E-state index contributed by atoms with van der Waals surface area (Å²) in [4.78, 5) is 5.90. The summed E-state index contributed by atoms with van der Waals surface area (Å²) in [5.74, 6) is 0.908. The lowest BCUT2D eigenvalue weighted by Crippen LogP contribution is -3.14. The van der Waals surface area contributed by atoms with Gasteiger partial charge in [-0.15, -0.1) is 5.10 Å². The third kappa shape index (κ3) is 3.94. The fraction of sp³-hybridized carbons (Fsp3) is 0.304. The third-order valence-electron chi connectivity index (χ3n) is 5.78. The molecule has 30 heavy (non-hydrogen) atoms. The Morgan fingerprint density at radius 3 is 2.73 bits per heavy atom. The molecule has 4 aromatic rings. The third-order valence-corrected chi connectivity index (χ3v) is 5.78. The number of nitrogens with zero attached hydrogens (tertiary/aromatic N) is 5. The summed E-state index contributed by atoms with van der Waals surface area (Å²) in [6, 6.07) is 21.1. The fourth-order valence-corrected chi connectivity index (χ4v) is 4.22. The van der Waals surface area contributed by atoms with E-state index in [1.165, 1.54) is 16.0 Å². The molecule has 7 nitrogen and oxygen atoms in total. The lowest BCUT2D eigenvalue weighted by atomic mass is 10.0. The van der Waals surface area contributed by atoms with Crippen LogP contribution in [-0.2, 0) is 17.7 Å². The Kier molecular flexibility index (Phi) is 5.46. The average molecular weight is 401 g/mol. The molecule has 0 saturated carbocycles. The molecule has 0 spiro atoms. The molecule has 0 unspecified atom stereocenters. The van der Waals surface area contributed by atoms with Gasteiger partial charge in [0, 0.05) is 23.7 Å². The number of aryl methyl sites for hydroxylation is 2. The van der Waals surface area contributed by atoms with Gasteiger partial charge in [-0.3, -0.25) is 4.98 Å². The van der Waals surface area contributed by atoms with Gasteiger partial charge in [0.05, 0.1) is 18.7 Å². The summed E-state index contributed by atoms with van der Waals surface area (Å²) in [7, 11) is 0. The van der Waals surface area contributed by atoms with Crippen molar-refractivity contribution in [2.75, 3.05) is 26.3 Å². The molecule has 0 aliphatic carbocycles. The predicted molar refractivity (Wildman–Crippen MR) is 113 cm³/mol. The predicted octanol–water partition coefficient (Wildman–Crippen LogP) is 1.47. The Labute approximate surface area is 175 Å². The number of hydrogen-bond acceptors (Lipinski definition) is 5. The van der Waals surface area contributed by atoms with Crippen LogP contribution in [0.2, 0.25) is 0 Å². The van der Waals surface area contributed by atoms with E-state index in [4.69, 9.17) is 4.74 Å². The zero-order valence-corrected chi connectivity index (χ0v) is 16.8. The van der Waals surface area contributed by atoms with Crippen LogP contribution in [0.5, 0.6) is 0 Å². The number of nitrogens with one attached hydrogen (secondary N) is 1. The normalized spacial score (nSPS) is 16.0. The van der Waals surface area contributed by atoms with Gasteiger partial charge in [-0.2, -0.15) is 0 Å². The van der Waals surface area contributed by atoms with Crippen LogP contribution >= 0.6 is 0 Å². The van der Waals surface area contributed by atoms with E-state index in [9.17, 15) is 0 Å². The number of aromatic nitrogens is 5. The molecule has 7 heteroatoms. The quantitative estimate of drug-likeness (QED) is 0.530. The molecular weight excluding hydrogens is 376 g/mol. The first-order valence-electron chi connectivity index (χ1n) is 10.5. The van der Waals surface area contributed by atoms with E-state index in [0.29, 0.717) is 0 Å². The first kappa shape index (κ1) is 18.8. The maximum Gasteiger partial charge on any atom is 0.214 e. The average Bonchev–Trinajstić information content (AvgIpc) is 3.27. The Bertz CT molecular complexity index is 1110. The van der Waals surface area contributed by atoms with Crippen LogP contribution in [0.25, 0.3) is 10.9 Å². The minimum Gasteiger partial charge on any atom is -0.370 e. The number of tetrazole rings is 1. The van der Waals surface area contributed by atoms with Gasteiger partial charge >= 0.3 is 0 Å². The Morgan fingerprint density at radius 2 is 1.87 bits per heavy atom. The van der Waals surface area contributed by atoms with Crippen molar-refractivity contribution >= 4 is 10.9 Å². The van der Waals surface area contributed by atoms with Crippen molar-refractivity contribution in [2.24, 2.45) is 0 Å². The monoisotopic (exact) mass is 401 g/mol. The minimum atomic E-state index is 0.0595. The van der Waals surface area contributed by atoms with E-state index in [2.05, 4.69) is 69.0 Å². The number of benzene rings is 2. The molecule has 0 amide bonds. The first-order valence-corrected chi connectivity index (χ1v) is 10.5. The zero-order valence-electron chi connectivity index (χ0n) is 16.8. The SMILES string of the molecule is c1ccc(CCn2nnnc2[C@H](c2ccc3ncccc3c2)[NH+]2CCOCC2)cc1. The van der Waals surface area contributed by atoms with Crippen molar-refractivity contribution in [3.63, 3.8) is 0 Å². The minimum absolute atomic E-state index is 0.0595. The van der Waals surface area contributed by atoms with Gasteiger partial charge in [0.25, 0.3) is 0 Å². The van der Waals surface area contributed by atoms with Crippen LogP contribution in [0.1, 0.15) is 23.0 Å². The molecule has 0 bridgehead atoms. The Hall–Kier alpha value is -3.16. The molecule has 1 aliphatic heterocycles. The molecule has 1 saturated heterocycles. The number of hydrogen-bond donors (Lipinski definition) is 1. The summed E-state index contributed by atoms with van der Waals surface area (Å²) in [5, 5.41) is 14.0. The van der Waals surface area contributed by atoms with E-state index in [1.807, 2.05) is 23.0 Å². The lowest BCUT2D eigenvalue weighted by Gasteiger charge is -2.31. The van der Waals surface area contributed by atoms with Gasteiger partial charge in [0.1, 0.15) is 13.1 Å². The summed E-state index contributed by atoms with van der Waals surface area (Å²) >= 11 is 0. The van der Waals surface area contributed by atoms with Crippen LogP contribution in [-0.4, -0.2) is 51.5 Å². The van der Waals surface area contributed by atoms with Crippen LogP contribution in [0.4, 0.5) is 0 Å². The smallest absolute Gasteiger partial charge is 0.214 e. The molecule has 1 fully saturated rings. The van der Waals surface area contributed by atoms with E-state index in [1.54, 1.807) is 0 Å². The van der Waals surface area contributed by atoms with Crippen molar-refractivity contribution in [1.29, 1.82) is 0 Å². The van der Waals surface area contributed by atoms with Crippen molar-refractivity contribution < 1.29 is 9.64 Å². The van der Waals surface area contributed by atoms with Crippen molar-refractivity contribution in [2.45, 2.75) is 19.0 Å². The molecule has 1 N–H and O–H groups in total. The van der Waals surface area contributed by atoms with Crippen molar-refractivity contribution in [1.82, 2.24) is 25.2 Å². The van der Waals surface area contributed by atoms with Crippen molar-refractivity contribution in [3.8, 4) is 0 Å². The van der Waals surface area contributed by atoms with E-state index in [-0.39, 0.29) is 6.04 Å². The second-order valence-electron chi connectivity index (χ2n) is 7.65. The molecular formula is C23H25N6O+. The molecule has 0 radical (unpaired) electrons. The fourth-order valence-electron chi connectivity index (χ4n) is 4.22. The van der Waals surface area contributed by atoms with Crippen LogP contribution in [0, 0.1) is 0 Å². The second-order valence-corrected chi connectivity index (χ2v) is 7.65. The van der Waals surface area contributed by atoms with Crippen LogP contribution in [0.3, 0.4) is 0 Å². The second kappa shape index (κ2) is 8.69. The topological polar surface area (TPSA) is 70.2 Å². The van der Waals surface area contributed by atoms with Crippen LogP contribution in [0.15, 0.2) is 66.9 Å². The standard InChI is InChI=1S/C23H24N6O/c1-2-5-18(6-3-1)10-12-29-23(25-26-27-29)22(28-13-15-30-16-14-28)20-8-9-21-19(17-20)7-4-11-24-21/h1-9,11,17,22H,10,12-16H2/p+1/t22-/m0/s1. The van der Waals surface area contributed by atoms with Gasteiger partial charge in [-0.1, -0.05) is 42.5 Å². The largest absolute Gasteiger partial charge is 0.370 e. The molecule has 5 rings (SSSR count). The number of fused-ring (bicyclic) bond motifs is 1. The highest BCUT2D eigenvalue weighted by molar-refractivity contribution is 5.79. The van der Waals surface area contributed by atoms with Gasteiger partial charge < -0.3 is 9.64 Å². The van der Waals surface area contributed by atoms with Gasteiger partial charge in [0.15, 0.2) is 6.04 Å². The summed E-state index contributed by atoms with van der Waals surface area (Å²) in [5.41, 5.74) is 3.50. The number of pyridine rings is 1. The summed E-state index contributed by atoms with van der Waals surface area (Å²) < 4.78 is 7.59.